The molecule has 0 aliphatic carbocycles. The fourth-order valence-corrected chi connectivity index (χ4v) is 6.92. The van der Waals surface area contributed by atoms with Crippen molar-refractivity contribution >= 4 is 56.3 Å². The Kier molecular flexibility index (Phi) is 7.09. The number of benzene rings is 1. The van der Waals surface area contributed by atoms with Crippen LogP contribution < -0.4 is 5.32 Å². The minimum atomic E-state index is -3.50. The molecule has 9 heteroatoms. The average Bonchev–Trinajstić information content (AvgIpc) is 3.15. The molecule has 28 heavy (non-hydrogen) atoms. The molecular weight excluding hydrogens is 436 g/mol. The van der Waals surface area contributed by atoms with Crippen LogP contribution in [-0.4, -0.2) is 38.0 Å². The zero-order valence-electron chi connectivity index (χ0n) is 15.7. The van der Waals surface area contributed by atoms with E-state index in [9.17, 15) is 13.2 Å². The summed E-state index contributed by atoms with van der Waals surface area (Å²) >= 11 is 8.58. The van der Waals surface area contributed by atoms with Crippen LogP contribution in [0.2, 0.25) is 4.34 Å². The summed E-state index contributed by atoms with van der Waals surface area (Å²) in [4.78, 5) is 13.7. The van der Waals surface area contributed by atoms with Crippen LogP contribution >= 0.6 is 34.7 Å². The molecule has 1 atom stereocenters. The number of carbonyl (C=O) groups excluding carboxylic acids is 1. The minimum Gasteiger partial charge on any atom is -0.326 e. The number of nitrogens with one attached hydrogen (secondary N) is 1. The summed E-state index contributed by atoms with van der Waals surface area (Å²) in [6.45, 7) is 2.76. The highest BCUT2D eigenvalue weighted by molar-refractivity contribution is 7.98. The molecule has 152 valence electrons. The van der Waals surface area contributed by atoms with Crippen LogP contribution in [0, 0.1) is 11.8 Å². The zero-order chi connectivity index (χ0) is 20.3. The van der Waals surface area contributed by atoms with Crippen LogP contribution in [-0.2, 0) is 14.8 Å². The van der Waals surface area contributed by atoms with E-state index >= 15 is 0 Å². The quantitative estimate of drug-likeness (QED) is 0.631. The van der Waals surface area contributed by atoms with Gasteiger partial charge in [0.05, 0.1) is 4.34 Å². The Hall–Kier alpha value is -1.06. The molecule has 5 nitrogen and oxygen atoms in total. The molecule has 1 fully saturated rings. The van der Waals surface area contributed by atoms with E-state index in [1.165, 1.54) is 4.31 Å². The van der Waals surface area contributed by atoms with Crippen molar-refractivity contribution in [2.45, 2.75) is 28.9 Å². The van der Waals surface area contributed by atoms with Crippen LogP contribution in [0.4, 0.5) is 5.69 Å². The fourth-order valence-electron chi connectivity index (χ4n) is 3.35. The fraction of sp³-hybridized carbons (Fsp3) is 0.421. The molecule has 1 aromatic carbocycles. The molecule has 0 radical (unpaired) electrons. The van der Waals surface area contributed by atoms with Crippen molar-refractivity contribution in [2.24, 2.45) is 11.8 Å². The van der Waals surface area contributed by atoms with Gasteiger partial charge in [0.25, 0.3) is 10.0 Å². The largest absolute Gasteiger partial charge is 0.326 e. The van der Waals surface area contributed by atoms with Crippen LogP contribution in [0.1, 0.15) is 19.8 Å². The van der Waals surface area contributed by atoms with Crippen LogP contribution in [0.15, 0.2) is 45.5 Å². The number of nitrogens with zero attached hydrogens (tertiary/aromatic N) is 1. The summed E-state index contributed by atoms with van der Waals surface area (Å²) < 4.78 is 27.7. The molecule has 2 aromatic rings. The van der Waals surface area contributed by atoms with Crippen LogP contribution in [0.25, 0.3) is 0 Å². The maximum Gasteiger partial charge on any atom is 0.252 e. The number of rotatable bonds is 6. The summed E-state index contributed by atoms with van der Waals surface area (Å²) in [5, 5.41) is 2.99. The highest BCUT2D eigenvalue weighted by Crippen LogP contribution is 2.32. The summed E-state index contributed by atoms with van der Waals surface area (Å²) in [5.41, 5.74) is 0.790. The van der Waals surface area contributed by atoms with Gasteiger partial charge in [0, 0.05) is 29.6 Å². The summed E-state index contributed by atoms with van der Waals surface area (Å²) in [7, 11) is -3.50. The van der Waals surface area contributed by atoms with E-state index in [2.05, 4.69) is 5.32 Å². The maximum atomic E-state index is 12.7. The van der Waals surface area contributed by atoms with Crippen molar-refractivity contribution in [3.8, 4) is 0 Å². The third-order valence-corrected chi connectivity index (χ3v) is 9.42. The first kappa shape index (κ1) is 21.6. The molecule has 3 rings (SSSR count). The SMILES string of the molecule is CSc1cccc(NC(=O)[C@@H](C)C2CCN(S(=O)(=O)c3ccc(Cl)s3)CC2)c1. The number of carbonyl (C=O) groups is 1. The Morgan fingerprint density at radius 2 is 2.00 bits per heavy atom. The molecule has 1 saturated heterocycles. The lowest BCUT2D eigenvalue weighted by molar-refractivity contribution is -0.121. The monoisotopic (exact) mass is 458 g/mol. The summed E-state index contributed by atoms with van der Waals surface area (Å²) in [6, 6.07) is 10.9. The van der Waals surface area contributed by atoms with Gasteiger partial charge < -0.3 is 5.32 Å². The standard InChI is InChI=1S/C19H23ClN2O3S3/c1-13(19(23)21-15-4-3-5-16(12-15)26-2)14-8-10-22(11-9-14)28(24,25)18-7-6-17(20)27-18/h3-7,12-14H,8-11H2,1-2H3,(H,21,23)/t13-/m0/s1. The molecule has 1 amide bonds. The minimum absolute atomic E-state index is 0.0235. The number of halogens is 1. The molecule has 2 heterocycles. The zero-order valence-corrected chi connectivity index (χ0v) is 18.9. The maximum absolute atomic E-state index is 12.7. The number of hydrogen-bond acceptors (Lipinski definition) is 5. The number of piperidine rings is 1. The van der Waals surface area contributed by atoms with Gasteiger partial charge >= 0.3 is 0 Å². The van der Waals surface area contributed by atoms with Gasteiger partial charge in [-0.3, -0.25) is 4.79 Å². The lowest BCUT2D eigenvalue weighted by Gasteiger charge is -2.33. The van der Waals surface area contributed by atoms with Crippen molar-refractivity contribution < 1.29 is 13.2 Å². The van der Waals surface area contributed by atoms with E-state index in [4.69, 9.17) is 11.6 Å². The van der Waals surface area contributed by atoms with Gasteiger partial charge in [0.2, 0.25) is 5.91 Å². The summed E-state index contributed by atoms with van der Waals surface area (Å²) in [6.07, 6.45) is 3.32. The summed E-state index contributed by atoms with van der Waals surface area (Å²) in [5.74, 6) is -0.0503. The Balaban J connectivity index is 1.58. The van der Waals surface area contributed by atoms with Crippen LogP contribution in [0.3, 0.4) is 0 Å². The highest BCUT2D eigenvalue weighted by Gasteiger charge is 2.34. The van der Waals surface area contributed by atoms with E-state index < -0.39 is 10.0 Å². The highest BCUT2D eigenvalue weighted by atomic mass is 35.5. The van der Waals surface area contributed by atoms with Crippen LogP contribution in [0.5, 0.6) is 0 Å². The van der Waals surface area contributed by atoms with E-state index in [0.29, 0.717) is 30.3 Å². The first-order chi connectivity index (χ1) is 13.3. The molecule has 0 spiro atoms. The Morgan fingerprint density at radius 1 is 1.29 bits per heavy atom. The molecule has 0 bridgehead atoms. The average molecular weight is 459 g/mol. The number of thiophene rings is 1. The van der Waals surface area contributed by atoms with Gasteiger partial charge in [0.1, 0.15) is 4.21 Å². The molecule has 0 saturated carbocycles. The number of thioether (sulfide) groups is 1. The second kappa shape index (κ2) is 9.17. The van der Waals surface area contributed by atoms with E-state index in [1.54, 1.807) is 23.9 Å². The predicted molar refractivity (Wildman–Crippen MR) is 117 cm³/mol. The third kappa shape index (κ3) is 4.91. The van der Waals surface area contributed by atoms with Gasteiger partial charge in [-0.2, -0.15) is 4.31 Å². The lowest BCUT2D eigenvalue weighted by Crippen LogP contribution is -2.41. The number of hydrogen-bond donors (Lipinski definition) is 1. The topological polar surface area (TPSA) is 66.5 Å². The first-order valence-corrected chi connectivity index (χ1v) is 12.9. The van der Waals surface area contributed by atoms with Crippen molar-refractivity contribution in [3.05, 3.63) is 40.7 Å². The van der Waals surface area contributed by atoms with E-state index in [0.717, 1.165) is 21.9 Å². The molecule has 1 aliphatic heterocycles. The second-order valence-electron chi connectivity index (χ2n) is 6.81. The number of amides is 1. The van der Waals surface area contributed by atoms with Gasteiger partial charge in [0.15, 0.2) is 0 Å². The van der Waals surface area contributed by atoms with E-state index in [1.807, 2.05) is 37.4 Å². The second-order valence-corrected chi connectivity index (χ2v) is 11.6. The predicted octanol–water partition coefficient (Wildman–Crippen LogP) is 4.80. The Morgan fingerprint density at radius 3 is 2.61 bits per heavy atom. The first-order valence-electron chi connectivity index (χ1n) is 9.01. The third-order valence-electron chi connectivity index (χ3n) is 5.10. The van der Waals surface area contributed by atoms with Gasteiger partial charge in [-0.05, 0) is 55.3 Å². The van der Waals surface area contributed by atoms with Crippen molar-refractivity contribution in [3.63, 3.8) is 0 Å². The van der Waals surface area contributed by atoms with Crippen molar-refractivity contribution in [2.75, 3.05) is 24.7 Å². The van der Waals surface area contributed by atoms with Gasteiger partial charge in [-0.25, -0.2) is 8.42 Å². The Labute approximate surface area is 179 Å². The van der Waals surface area contributed by atoms with Gasteiger partial charge in [-0.15, -0.1) is 23.1 Å². The Bertz CT molecular complexity index is 937. The van der Waals surface area contributed by atoms with Gasteiger partial charge in [-0.1, -0.05) is 24.6 Å². The van der Waals surface area contributed by atoms with Crippen molar-refractivity contribution in [1.29, 1.82) is 0 Å². The molecular formula is C19H23ClN2O3S3. The lowest BCUT2D eigenvalue weighted by atomic mass is 9.85. The van der Waals surface area contributed by atoms with Crippen molar-refractivity contribution in [1.82, 2.24) is 4.31 Å². The number of anilines is 1. The molecule has 0 unspecified atom stereocenters. The number of sulfonamides is 1. The smallest absolute Gasteiger partial charge is 0.252 e. The normalized spacial score (nSPS) is 17.4. The molecule has 1 N–H and O–H groups in total. The molecule has 1 aliphatic rings. The molecule has 1 aromatic heterocycles. The van der Waals surface area contributed by atoms with E-state index in [-0.39, 0.29) is 22.0 Å².